The van der Waals surface area contributed by atoms with Crippen LogP contribution in [0.25, 0.3) is 0 Å². The fourth-order valence-electron chi connectivity index (χ4n) is 3.82. The number of nitrogens with zero attached hydrogens (tertiary/aromatic N) is 3. The number of rotatable bonds is 6. The molecule has 0 atom stereocenters. The van der Waals surface area contributed by atoms with Gasteiger partial charge in [0.05, 0.1) is 13.2 Å². The average Bonchev–Trinajstić information content (AvgIpc) is 3.02. The lowest BCUT2D eigenvalue weighted by atomic mass is 10.2. The number of benzene rings is 2. The van der Waals surface area contributed by atoms with Crippen LogP contribution in [0.3, 0.4) is 0 Å². The summed E-state index contributed by atoms with van der Waals surface area (Å²) in [6.45, 7) is 7.16. The van der Waals surface area contributed by atoms with Crippen molar-refractivity contribution in [2.24, 2.45) is 10.7 Å². The summed E-state index contributed by atoms with van der Waals surface area (Å²) >= 11 is 6.12. The molecule has 2 aliphatic rings. The standard InChI is InChI=1S/C23H30ClN5O2.HI/c24-18-4-1-5-20(16-18)29-12-10-28(11-13-29)9-2-8-26-23(25)27-19-6-7-21-22(17-19)31-15-3-14-30-21;/h1,4-7,16-17H,2-3,8-15H2,(H3,25,26,27);1H. The molecule has 32 heavy (non-hydrogen) atoms. The topological polar surface area (TPSA) is 75.4 Å². The van der Waals surface area contributed by atoms with E-state index in [1.807, 2.05) is 36.4 Å². The predicted molar refractivity (Wildman–Crippen MR) is 142 cm³/mol. The Balaban J connectivity index is 0.00000289. The van der Waals surface area contributed by atoms with Crippen LogP contribution >= 0.6 is 35.6 Å². The van der Waals surface area contributed by atoms with Gasteiger partial charge in [0, 0.05) is 68.2 Å². The molecule has 0 radical (unpaired) electrons. The number of anilines is 2. The van der Waals surface area contributed by atoms with Crippen LogP contribution in [-0.2, 0) is 0 Å². The van der Waals surface area contributed by atoms with Gasteiger partial charge in [0.25, 0.3) is 0 Å². The van der Waals surface area contributed by atoms with Crippen molar-refractivity contribution in [3.63, 3.8) is 0 Å². The van der Waals surface area contributed by atoms with Crippen LogP contribution in [-0.4, -0.2) is 63.3 Å². The molecule has 1 fully saturated rings. The number of halogens is 2. The van der Waals surface area contributed by atoms with Gasteiger partial charge in [-0.2, -0.15) is 0 Å². The van der Waals surface area contributed by atoms with Crippen LogP contribution in [0.15, 0.2) is 47.5 Å². The van der Waals surface area contributed by atoms with Gasteiger partial charge < -0.3 is 25.4 Å². The highest BCUT2D eigenvalue weighted by molar-refractivity contribution is 14.0. The van der Waals surface area contributed by atoms with Crippen molar-refractivity contribution in [3.8, 4) is 11.5 Å². The monoisotopic (exact) mass is 571 g/mol. The molecule has 0 unspecified atom stereocenters. The summed E-state index contributed by atoms with van der Waals surface area (Å²) in [7, 11) is 0. The Morgan fingerprint density at radius 2 is 1.81 bits per heavy atom. The van der Waals surface area contributed by atoms with Crippen LogP contribution < -0.4 is 25.4 Å². The number of guanidine groups is 1. The number of ether oxygens (including phenoxy) is 2. The Morgan fingerprint density at radius 3 is 2.59 bits per heavy atom. The summed E-state index contributed by atoms with van der Waals surface area (Å²) in [6, 6.07) is 13.8. The second kappa shape index (κ2) is 12.4. The molecule has 7 nitrogen and oxygen atoms in total. The molecular weight excluding hydrogens is 541 g/mol. The fourth-order valence-corrected chi connectivity index (χ4v) is 4.01. The van der Waals surface area contributed by atoms with Gasteiger partial charge in [-0.25, -0.2) is 0 Å². The minimum absolute atomic E-state index is 0. The van der Waals surface area contributed by atoms with Gasteiger partial charge in [-0.1, -0.05) is 17.7 Å². The number of fused-ring (bicyclic) bond motifs is 1. The van der Waals surface area contributed by atoms with Gasteiger partial charge in [0.15, 0.2) is 17.5 Å². The van der Waals surface area contributed by atoms with Gasteiger partial charge in [-0.3, -0.25) is 9.89 Å². The lowest BCUT2D eigenvalue weighted by Gasteiger charge is -2.36. The van der Waals surface area contributed by atoms with Crippen LogP contribution in [0.5, 0.6) is 11.5 Å². The fraction of sp³-hybridized carbons (Fsp3) is 0.435. The molecule has 0 aliphatic carbocycles. The molecule has 0 aromatic heterocycles. The highest BCUT2D eigenvalue weighted by Gasteiger charge is 2.17. The van der Waals surface area contributed by atoms with Gasteiger partial charge in [0.2, 0.25) is 0 Å². The third-order valence-corrected chi connectivity index (χ3v) is 5.72. The Kier molecular flexibility index (Phi) is 9.55. The molecule has 2 aromatic rings. The molecule has 4 rings (SSSR count). The number of nitrogens with one attached hydrogen (secondary N) is 1. The largest absolute Gasteiger partial charge is 0.490 e. The van der Waals surface area contributed by atoms with E-state index in [4.69, 9.17) is 26.8 Å². The summed E-state index contributed by atoms with van der Waals surface area (Å²) in [6.07, 6.45) is 1.86. The second-order valence-corrected chi connectivity index (χ2v) is 8.20. The number of piperazine rings is 1. The highest BCUT2D eigenvalue weighted by Crippen LogP contribution is 2.32. The Morgan fingerprint density at radius 1 is 1.03 bits per heavy atom. The molecule has 3 N–H and O–H groups in total. The third-order valence-electron chi connectivity index (χ3n) is 5.48. The quantitative estimate of drug-likeness (QED) is 0.236. The van der Waals surface area contributed by atoms with E-state index in [2.05, 4.69) is 26.2 Å². The van der Waals surface area contributed by atoms with Gasteiger partial charge >= 0.3 is 0 Å². The van der Waals surface area contributed by atoms with Crippen molar-refractivity contribution in [2.45, 2.75) is 12.8 Å². The highest BCUT2D eigenvalue weighted by atomic mass is 127. The Labute approximate surface area is 211 Å². The van der Waals surface area contributed by atoms with E-state index in [0.717, 1.165) is 67.8 Å². The summed E-state index contributed by atoms with van der Waals surface area (Å²) in [5, 5.41) is 3.93. The van der Waals surface area contributed by atoms with Crippen molar-refractivity contribution in [1.82, 2.24) is 4.90 Å². The first kappa shape index (κ1) is 24.7. The number of nitrogens with two attached hydrogens (primary N) is 1. The maximum Gasteiger partial charge on any atom is 0.193 e. The zero-order valence-corrected chi connectivity index (χ0v) is 21.2. The zero-order chi connectivity index (χ0) is 21.5. The molecule has 9 heteroatoms. The number of hydrogen-bond acceptors (Lipinski definition) is 5. The SMILES string of the molecule is I.NC(=NCCCN1CCN(c2cccc(Cl)c2)CC1)Nc1ccc2c(c1)OCCCO2. The smallest absolute Gasteiger partial charge is 0.193 e. The van der Waals surface area contributed by atoms with Gasteiger partial charge in [-0.15, -0.1) is 24.0 Å². The van der Waals surface area contributed by atoms with Crippen molar-refractivity contribution < 1.29 is 9.47 Å². The van der Waals surface area contributed by atoms with Crippen LogP contribution in [0, 0.1) is 0 Å². The van der Waals surface area contributed by atoms with E-state index in [-0.39, 0.29) is 24.0 Å². The minimum atomic E-state index is 0. The molecule has 0 amide bonds. The molecule has 0 spiro atoms. The third kappa shape index (κ3) is 7.05. The number of hydrogen-bond donors (Lipinski definition) is 2. The summed E-state index contributed by atoms with van der Waals surface area (Å²) in [5.74, 6) is 1.93. The first-order valence-electron chi connectivity index (χ1n) is 10.9. The van der Waals surface area contributed by atoms with E-state index in [1.165, 1.54) is 5.69 Å². The number of aliphatic imine (C=N–C) groups is 1. The van der Waals surface area contributed by atoms with Crippen LogP contribution in [0.4, 0.5) is 11.4 Å². The lowest BCUT2D eigenvalue weighted by molar-refractivity contribution is 0.256. The predicted octanol–water partition coefficient (Wildman–Crippen LogP) is 4.06. The second-order valence-electron chi connectivity index (χ2n) is 7.77. The van der Waals surface area contributed by atoms with Gasteiger partial charge in [-0.05, 0) is 36.8 Å². The lowest BCUT2D eigenvalue weighted by Crippen LogP contribution is -2.46. The normalized spacial score (nSPS) is 16.8. The molecule has 0 bridgehead atoms. The van der Waals surface area contributed by atoms with Crippen molar-refractivity contribution in [1.29, 1.82) is 0 Å². The van der Waals surface area contributed by atoms with E-state index < -0.39 is 0 Å². The molecule has 174 valence electrons. The average molecular weight is 572 g/mol. The van der Waals surface area contributed by atoms with Crippen LogP contribution in [0.2, 0.25) is 5.02 Å². The molecule has 2 heterocycles. The first-order chi connectivity index (χ1) is 15.2. The molecule has 1 saturated heterocycles. The van der Waals surface area contributed by atoms with Gasteiger partial charge in [0.1, 0.15) is 0 Å². The van der Waals surface area contributed by atoms with Crippen molar-refractivity contribution in [2.75, 3.05) is 62.7 Å². The van der Waals surface area contributed by atoms with E-state index >= 15 is 0 Å². The zero-order valence-electron chi connectivity index (χ0n) is 18.1. The first-order valence-corrected chi connectivity index (χ1v) is 11.2. The summed E-state index contributed by atoms with van der Waals surface area (Å²) in [4.78, 5) is 9.33. The van der Waals surface area contributed by atoms with Crippen LogP contribution in [0.1, 0.15) is 12.8 Å². The minimum Gasteiger partial charge on any atom is -0.490 e. The summed E-state index contributed by atoms with van der Waals surface area (Å²) in [5.41, 5.74) is 8.11. The maximum absolute atomic E-state index is 6.12. The maximum atomic E-state index is 6.12. The molecular formula is C23H31ClIN5O2. The van der Waals surface area contributed by atoms with Crippen molar-refractivity contribution in [3.05, 3.63) is 47.5 Å². The molecule has 2 aliphatic heterocycles. The van der Waals surface area contributed by atoms with E-state index in [9.17, 15) is 0 Å². The Hall–Kier alpha value is -1.91. The Bertz CT molecular complexity index is 906. The molecule has 0 saturated carbocycles. The van der Waals surface area contributed by atoms with E-state index in [1.54, 1.807) is 0 Å². The molecule has 2 aromatic carbocycles. The van der Waals surface area contributed by atoms with E-state index in [0.29, 0.717) is 25.7 Å². The van der Waals surface area contributed by atoms with Crippen molar-refractivity contribution >= 4 is 52.9 Å². The summed E-state index contributed by atoms with van der Waals surface area (Å²) < 4.78 is 11.4.